The Bertz CT molecular complexity index is 472. The van der Waals surface area contributed by atoms with Crippen LogP contribution in [-0.4, -0.2) is 22.2 Å². The Morgan fingerprint density at radius 2 is 2.25 bits per heavy atom. The topological polar surface area (TPSA) is 55.2 Å². The fourth-order valence-electron chi connectivity index (χ4n) is 1.47. The second-order valence-corrected chi connectivity index (χ2v) is 3.30. The quantitative estimate of drug-likeness (QED) is 0.847. The monoisotopic (exact) mass is 216 g/mol. The Balaban J connectivity index is 2.53. The number of pyridine rings is 2. The molecular weight excluding hydrogens is 204 g/mol. The van der Waals surface area contributed by atoms with E-state index in [-0.39, 0.29) is 6.61 Å². The maximum Gasteiger partial charge on any atom is 0.221 e. The van der Waals surface area contributed by atoms with Crippen LogP contribution in [0.4, 0.5) is 0 Å². The van der Waals surface area contributed by atoms with E-state index in [1.54, 1.807) is 25.7 Å². The molecule has 0 aromatic carbocycles. The summed E-state index contributed by atoms with van der Waals surface area (Å²) in [6.45, 7) is -0.0374. The summed E-state index contributed by atoms with van der Waals surface area (Å²) in [4.78, 5) is 8.18. The maximum atomic E-state index is 9.08. The van der Waals surface area contributed by atoms with Crippen LogP contribution in [0.25, 0.3) is 11.1 Å². The lowest BCUT2D eigenvalue weighted by atomic mass is 10.1. The fourth-order valence-corrected chi connectivity index (χ4v) is 1.47. The van der Waals surface area contributed by atoms with Crippen LogP contribution in [0.5, 0.6) is 5.88 Å². The van der Waals surface area contributed by atoms with Crippen LogP contribution in [0.1, 0.15) is 5.56 Å². The third-order valence-corrected chi connectivity index (χ3v) is 2.26. The van der Waals surface area contributed by atoms with Gasteiger partial charge in [-0.3, -0.25) is 4.98 Å². The van der Waals surface area contributed by atoms with Crippen molar-refractivity contribution in [2.24, 2.45) is 0 Å². The molecule has 0 spiro atoms. The predicted octanol–water partition coefficient (Wildman–Crippen LogP) is 1.64. The normalized spacial score (nSPS) is 10.1. The Labute approximate surface area is 93.6 Å². The van der Waals surface area contributed by atoms with Gasteiger partial charge in [0.15, 0.2) is 0 Å². The standard InChI is InChI=1S/C12H12N2O2/c1-16-12-11(5-9(8-15)6-14-12)10-3-2-4-13-7-10/h2-7,15H,8H2,1H3. The fraction of sp³-hybridized carbons (Fsp3) is 0.167. The lowest BCUT2D eigenvalue weighted by Gasteiger charge is -2.08. The summed E-state index contributed by atoms with van der Waals surface area (Å²) in [5.74, 6) is 0.533. The van der Waals surface area contributed by atoms with E-state index >= 15 is 0 Å². The van der Waals surface area contributed by atoms with Crippen molar-refractivity contribution in [2.75, 3.05) is 7.11 Å². The molecule has 1 N–H and O–H groups in total. The molecule has 2 heterocycles. The van der Waals surface area contributed by atoms with E-state index in [1.807, 2.05) is 18.2 Å². The molecule has 0 saturated carbocycles. The first-order valence-corrected chi connectivity index (χ1v) is 4.89. The molecule has 0 aliphatic carbocycles. The maximum absolute atomic E-state index is 9.08. The first-order chi connectivity index (χ1) is 7.85. The van der Waals surface area contributed by atoms with Crippen LogP contribution >= 0.6 is 0 Å². The highest BCUT2D eigenvalue weighted by atomic mass is 16.5. The summed E-state index contributed by atoms with van der Waals surface area (Å²) in [5, 5.41) is 9.08. The van der Waals surface area contributed by atoms with Gasteiger partial charge in [-0.05, 0) is 17.7 Å². The summed E-state index contributed by atoms with van der Waals surface area (Å²) >= 11 is 0. The van der Waals surface area contributed by atoms with E-state index < -0.39 is 0 Å². The van der Waals surface area contributed by atoms with Gasteiger partial charge >= 0.3 is 0 Å². The highest BCUT2D eigenvalue weighted by molar-refractivity contribution is 5.68. The van der Waals surface area contributed by atoms with Crippen molar-refractivity contribution in [3.63, 3.8) is 0 Å². The van der Waals surface area contributed by atoms with Crippen LogP contribution in [0.2, 0.25) is 0 Å². The first-order valence-electron chi connectivity index (χ1n) is 4.89. The van der Waals surface area contributed by atoms with E-state index in [0.717, 1.165) is 16.7 Å². The molecule has 0 unspecified atom stereocenters. The lowest BCUT2D eigenvalue weighted by molar-refractivity contribution is 0.281. The largest absolute Gasteiger partial charge is 0.481 e. The Hall–Kier alpha value is -1.94. The summed E-state index contributed by atoms with van der Waals surface area (Å²) in [6.07, 6.45) is 5.04. The highest BCUT2D eigenvalue weighted by Crippen LogP contribution is 2.27. The van der Waals surface area contributed by atoms with Crippen molar-refractivity contribution in [1.29, 1.82) is 0 Å². The number of aromatic nitrogens is 2. The van der Waals surface area contributed by atoms with Gasteiger partial charge in [0, 0.05) is 29.7 Å². The molecule has 0 aliphatic heterocycles. The van der Waals surface area contributed by atoms with Gasteiger partial charge in [-0.1, -0.05) is 6.07 Å². The predicted molar refractivity (Wildman–Crippen MR) is 59.9 cm³/mol. The number of methoxy groups -OCH3 is 1. The van der Waals surface area contributed by atoms with E-state index in [9.17, 15) is 0 Å². The van der Waals surface area contributed by atoms with Crippen molar-refractivity contribution in [2.45, 2.75) is 6.61 Å². The number of hydrogen-bond acceptors (Lipinski definition) is 4. The van der Waals surface area contributed by atoms with Gasteiger partial charge in [0.25, 0.3) is 0 Å². The lowest BCUT2D eigenvalue weighted by Crippen LogP contribution is -1.94. The van der Waals surface area contributed by atoms with Crippen LogP contribution in [0.3, 0.4) is 0 Å². The third-order valence-electron chi connectivity index (χ3n) is 2.26. The van der Waals surface area contributed by atoms with Crippen LogP contribution in [0, 0.1) is 0 Å². The minimum absolute atomic E-state index is 0.0374. The number of aliphatic hydroxyl groups is 1. The van der Waals surface area contributed by atoms with Crippen LogP contribution in [-0.2, 0) is 6.61 Å². The molecule has 2 aromatic rings. The number of ether oxygens (including phenoxy) is 1. The first kappa shape index (κ1) is 10.6. The van der Waals surface area contributed by atoms with Crippen molar-refractivity contribution in [1.82, 2.24) is 9.97 Å². The second-order valence-electron chi connectivity index (χ2n) is 3.30. The zero-order chi connectivity index (χ0) is 11.4. The molecule has 0 bridgehead atoms. The zero-order valence-electron chi connectivity index (χ0n) is 8.92. The average Bonchev–Trinajstić information content (AvgIpc) is 2.39. The van der Waals surface area contributed by atoms with Gasteiger partial charge in [0.05, 0.1) is 13.7 Å². The molecule has 4 nitrogen and oxygen atoms in total. The second kappa shape index (κ2) is 4.72. The Kier molecular flexibility index (Phi) is 3.12. The zero-order valence-corrected chi connectivity index (χ0v) is 8.92. The Morgan fingerprint density at radius 3 is 2.88 bits per heavy atom. The molecular formula is C12H12N2O2. The van der Waals surface area contributed by atoms with E-state index in [0.29, 0.717) is 5.88 Å². The van der Waals surface area contributed by atoms with Crippen LogP contribution < -0.4 is 4.74 Å². The molecule has 0 radical (unpaired) electrons. The van der Waals surface area contributed by atoms with Gasteiger partial charge < -0.3 is 9.84 Å². The van der Waals surface area contributed by atoms with Crippen LogP contribution in [0.15, 0.2) is 36.8 Å². The van der Waals surface area contributed by atoms with Crippen molar-refractivity contribution in [3.8, 4) is 17.0 Å². The van der Waals surface area contributed by atoms with Gasteiger partial charge in [-0.2, -0.15) is 0 Å². The summed E-state index contributed by atoms with van der Waals surface area (Å²) in [5.41, 5.74) is 2.50. The summed E-state index contributed by atoms with van der Waals surface area (Å²) in [7, 11) is 1.57. The van der Waals surface area contributed by atoms with Crippen molar-refractivity contribution < 1.29 is 9.84 Å². The number of nitrogens with zero attached hydrogens (tertiary/aromatic N) is 2. The highest BCUT2D eigenvalue weighted by Gasteiger charge is 2.08. The molecule has 0 amide bonds. The number of hydrogen-bond donors (Lipinski definition) is 1. The smallest absolute Gasteiger partial charge is 0.221 e. The van der Waals surface area contributed by atoms with Gasteiger partial charge in [0.1, 0.15) is 0 Å². The molecule has 2 aromatic heterocycles. The number of aliphatic hydroxyl groups excluding tert-OH is 1. The molecule has 0 saturated heterocycles. The summed E-state index contributed by atoms with van der Waals surface area (Å²) in [6, 6.07) is 5.62. The SMILES string of the molecule is COc1ncc(CO)cc1-c1cccnc1. The molecule has 82 valence electrons. The van der Waals surface area contributed by atoms with Crippen molar-refractivity contribution in [3.05, 3.63) is 42.4 Å². The molecule has 4 heteroatoms. The minimum Gasteiger partial charge on any atom is -0.481 e. The molecule has 16 heavy (non-hydrogen) atoms. The van der Waals surface area contributed by atoms with E-state index in [2.05, 4.69) is 9.97 Å². The van der Waals surface area contributed by atoms with E-state index in [4.69, 9.17) is 9.84 Å². The van der Waals surface area contributed by atoms with Gasteiger partial charge in [-0.15, -0.1) is 0 Å². The third kappa shape index (κ3) is 2.01. The summed E-state index contributed by atoms with van der Waals surface area (Å²) < 4.78 is 5.18. The van der Waals surface area contributed by atoms with Gasteiger partial charge in [0.2, 0.25) is 5.88 Å². The molecule has 0 atom stereocenters. The van der Waals surface area contributed by atoms with Crippen molar-refractivity contribution >= 4 is 0 Å². The Morgan fingerprint density at radius 1 is 1.38 bits per heavy atom. The number of rotatable bonds is 3. The minimum atomic E-state index is -0.0374. The van der Waals surface area contributed by atoms with Gasteiger partial charge in [-0.25, -0.2) is 4.98 Å². The van der Waals surface area contributed by atoms with E-state index in [1.165, 1.54) is 0 Å². The molecule has 2 rings (SSSR count). The average molecular weight is 216 g/mol. The molecule has 0 aliphatic rings. The molecule has 0 fully saturated rings.